The van der Waals surface area contributed by atoms with E-state index in [4.69, 9.17) is 8.74 Å². The summed E-state index contributed by atoms with van der Waals surface area (Å²) in [6.07, 6.45) is 8.92. The van der Waals surface area contributed by atoms with Crippen molar-refractivity contribution in [2.24, 2.45) is 40.4 Å². The van der Waals surface area contributed by atoms with Gasteiger partial charge in [0.1, 0.15) is 5.78 Å². The maximum Gasteiger partial charge on any atom is 0.397 e. The van der Waals surface area contributed by atoms with Gasteiger partial charge in [-0.25, -0.2) is 4.18 Å². The number of carbonyl (C=O) groups is 1. The zero-order valence-electron chi connectivity index (χ0n) is 16.8. The van der Waals surface area contributed by atoms with Crippen molar-refractivity contribution in [3.63, 3.8) is 0 Å². The standard InChI is InChI=1S/C21H34O5S/c1-13(22)17-6-7-18-16-5-4-14-12-15(26-27(23,24)25)8-10-20(14,2)19(16)9-11-21(17,18)3/h14-19H,4-12H2,1-3H3,(H,23,24,25)/t14?,15?,16?,17?,18?,19?,20-,21+/m1/s1. The zero-order chi connectivity index (χ0) is 19.6. The lowest BCUT2D eigenvalue weighted by molar-refractivity contribution is -0.137. The number of rotatable bonds is 3. The Morgan fingerprint density at radius 2 is 1.63 bits per heavy atom. The second-order valence-electron chi connectivity index (χ2n) is 10.4. The van der Waals surface area contributed by atoms with E-state index in [-0.39, 0.29) is 22.9 Å². The van der Waals surface area contributed by atoms with E-state index in [0.717, 1.165) is 32.1 Å². The van der Waals surface area contributed by atoms with E-state index in [9.17, 15) is 13.2 Å². The van der Waals surface area contributed by atoms with Crippen LogP contribution in [0.2, 0.25) is 0 Å². The molecule has 0 radical (unpaired) electrons. The fourth-order valence-electron chi connectivity index (χ4n) is 8.15. The van der Waals surface area contributed by atoms with Crippen LogP contribution in [0.3, 0.4) is 0 Å². The molecule has 6 heteroatoms. The third-order valence-corrected chi connectivity index (χ3v) is 9.88. The highest BCUT2D eigenvalue weighted by Gasteiger charge is 2.60. The summed E-state index contributed by atoms with van der Waals surface area (Å²) < 4.78 is 36.2. The molecule has 0 bridgehead atoms. The number of Topliss-reactive ketones (excluding diaryl/α,β-unsaturated/α-hetero) is 1. The van der Waals surface area contributed by atoms with Gasteiger partial charge in [0.2, 0.25) is 0 Å². The van der Waals surface area contributed by atoms with Gasteiger partial charge in [-0.15, -0.1) is 0 Å². The third-order valence-electron chi connectivity index (χ3n) is 9.37. The summed E-state index contributed by atoms with van der Waals surface area (Å²) in [5.41, 5.74) is 0.416. The quantitative estimate of drug-likeness (QED) is 0.712. The minimum atomic E-state index is -4.37. The number of fused-ring (bicyclic) bond motifs is 5. The molecule has 4 rings (SSSR count). The Hall–Kier alpha value is -0.460. The lowest BCUT2D eigenvalue weighted by atomic mass is 9.44. The molecule has 0 amide bonds. The van der Waals surface area contributed by atoms with Crippen LogP contribution in [-0.4, -0.2) is 24.9 Å². The van der Waals surface area contributed by atoms with Gasteiger partial charge in [-0.1, -0.05) is 13.8 Å². The van der Waals surface area contributed by atoms with Crippen molar-refractivity contribution in [3.05, 3.63) is 0 Å². The Balaban J connectivity index is 1.53. The molecule has 4 aliphatic rings. The molecule has 4 aliphatic carbocycles. The monoisotopic (exact) mass is 398 g/mol. The fourth-order valence-corrected chi connectivity index (χ4v) is 8.66. The maximum atomic E-state index is 12.2. The normalized spacial score (nSPS) is 49.8. The number of hydrogen-bond donors (Lipinski definition) is 1. The lowest BCUT2D eigenvalue weighted by Crippen LogP contribution is -2.54. The van der Waals surface area contributed by atoms with E-state index in [1.54, 1.807) is 6.92 Å². The molecule has 4 saturated carbocycles. The summed E-state index contributed by atoms with van der Waals surface area (Å²) in [7, 11) is -4.37. The van der Waals surface area contributed by atoms with Gasteiger partial charge in [0.25, 0.3) is 0 Å². The van der Waals surface area contributed by atoms with Crippen LogP contribution in [0.5, 0.6) is 0 Å². The van der Waals surface area contributed by atoms with Crippen molar-refractivity contribution >= 4 is 16.2 Å². The predicted molar refractivity (Wildman–Crippen MR) is 102 cm³/mol. The summed E-state index contributed by atoms with van der Waals surface area (Å²) in [5, 5.41) is 0. The maximum absolute atomic E-state index is 12.2. The summed E-state index contributed by atoms with van der Waals surface area (Å²) in [4.78, 5) is 12.2. The van der Waals surface area contributed by atoms with E-state index in [1.807, 2.05) is 0 Å². The lowest BCUT2D eigenvalue weighted by Gasteiger charge is -2.61. The van der Waals surface area contributed by atoms with Gasteiger partial charge in [0.15, 0.2) is 0 Å². The van der Waals surface area contributed by atoms with Gasteiger partial charge in [-0.2, -0.15) is 8.42 Å². The second-order valence-corrected chi connectivity index (χ2v) is 11.4. The SMILES string of the molecule is CC(=O)C1CCC2C3CCC4CC(OS(=O)(=O)O)CC[C@@]4(C)C3CC[C@@]12C. The van der Waals surface area contributed by atoms with Gasteiger partial charge < -0.3 is 0 Å². The molecule has 0 heterocycles. The molecule has 6 unspecified atom stereocenters. The van der Waals surface area contributed by atoms with Crippen molar-refractivity contribution in [1.82, 2.24) is 0 Å². The molecule has 1 N–H and O–H groups in total. The number of ketones is 1. The molecule has 0 aromatic rings. The summed E-state index contributed by atoms with van der Waals surface area (Å²) in [5.74, 6) is 3.12. The predicted octanol–water partition coefficient (Wildman–Crippen LogP) is 4.42. The second kappa shape index (κ2) is 6.53. The topological polar surface area (TPSA) is 80.7 Å². The molecule has 0 aromatic carbocycles. The Kier molecular flexibility index (Phi) is 4.80. The number of hydrogen-bond acceptors (Lipinski definition) is 4. The van der Waals surface area contributed by atoms with E-state index in [1.165, 1.54) is 19.3 Å². The molecule has 0 spiro atoms. The molecule has 0 aromatic heterocycles. The van der Waals surface area contributed by atoms with E-state index < -0.39 is 10.4 Å². The van der Waals surface area contributed by atoms with Crippen LogP contribution in [0.25, 0.3) is 0 Å². The van der Waals surface area contributed by atoms with Crippen molar-refractivity contribution in [2.75, 3.05) is 0 Å². The largest absolute Gasteiger partial charge is 0.397 e. The first kappa shape index (κ1) is 19.8. The smallest absolute Gasteiger partial charge is 0.300 e. The van der Waals surface area contributed by atoms with Crippen molar-refractivity contribution in [2.45, 2.75) is 84.7 Å². The van der Waals surface area contributed by atoms with E-state index >= 15 is 0 Å². The highest BCUT2D eigenvalue weighted by atomic mass is 32.3. The average Bonchev–Trinajstić information content (AvgIpc) is 2.91. The van der Waals surface area contributed by atoms with Gasteiger partial charge in [0, 0.05) is 5.92 Å². The Morgan fingerprint density at radius 3 is 2.30 bits per heavy atom. The van der Waals surface area contributed by atoms with Crippen LogP contribution in [0.15, 0.2) is 0 Å². The van der Waals surface area contributed by atoms with E-state index in [2.05, 4.69) is 13.8 Å². The minimum absolute atomic E-state index is 0.182. The molecule has 5 nitrogen and oxygen atoms in total. The summed E-state index contributed by atoms with van der Waals surface area (Å²) in [6, 6.07) is 0. The third kappa shape index (κ3) is 3.20. The van der Waals surface area contributed by atoms with Crippen LogP contribution < -0.4 is 0 Å². The van der Waals surface area contributed by atoms with Crippen LogP contribution in [-0.2, 0) is 19.4 Å². The van der Waals surface area contributed by atoms with Crippen molar-refractivity contribution < 1.29 is 21.9 Å². The zero-order valence-corrected chi connectivity index (χ0v) is 17.6. The first-order chi connectivity index (χ1) is 12.5. The summed E-state index contributed by atoms with van der Waals surface area (Å²) >= 11 is 0. The van der Waals surface area contributed by atoms with Gasteiger partial charge >= 0.3 is 10.4 Å². The minimum Gasteiger partial charge on any atom is -0.300 e. The molecule has 154 valence electrons. The number of carbonyl (C=O) groups excluding carboxylic acids is 1. The van der Waals surface area contributed by atoms with Crippen LogP contribution in [0, 0.1) is 40.4 Å². The first-order valence-electron chi connectivity index (χ1n) is 10.7. The molecule has 0 aliphatic heterocycles. The average molecular weight is 399 g/mol. The highest BCUT2D eigenvalue weighted by molar-refractivity contribution is 7.80. The van der Waals surface area contributed by atoms with Gasteiger partial charge in [-0.05, 0) is 99.2 Å². The van der Waals surface area contributed by atoms with Gasteiger partial charge in [0.05, 0.1) is 6.10 Å². The van der Waals surface area contributed by atoms with Crippen LogP contribution in [0.1, 0.15) is 78.6 Å². The molecule has 27 heavy (non-hydrogen) atoms. The summed E-state index contributed by atoms with van der Waals surface area (Å²) in [6.45, 7) is 6.57. The Labute approximate surface area is 163 Å². The molecular formula is C21H34O5S. The molecule has 0 saturated heterocycles. The molecule has 8 atom stereocenters. The fraction of sp³-hybridized carbons (Fsp3) is 0.952. The van der Waals surface area contributed by atoms with E-state index in [0.29, 0.717) is 35.9 Å². The van der Waals surface area contributed by atoms with Crippen molar-refractivity contribution in [3.8, 4) is 0 Å². The van der Waals surface area contributed by atoms with Crippen LogP contribution >= 0.6 is 0 Å². The van der Waals surface area contributed by atoms with Crippen LogP contribution in [0.4, 0.5) is 0 Å². The first-order valence-corrected chi connectivity index (χ1v) is 12.1. The molecule has 4 fully saturated rings. The Bertz CT molecular complexity index is 718. The Morgan fingerprint density at radius 1 is 0.963 bits per heavy atom. The highest BCUT2D eigenvalue weighted by Crippen LogP contribution is 2.67. The molecular weight excluding hydrogens is 364 g/mol. The van der Waals surface area contributed by atoms with Gasteiger partial charge in [-0.3, -0.25) is 9.35 Å². The van der Waals surface area contributed by atoms with Crippen molar-refractivity contribution in [1.29, 1.82) is 0 Å².